The highest BCUT2D eigenvalue weighted by Gasteiger charge is 2.26. The Morgan fingerprint density at radius 3 is 1.86 bits per heavy atom. The minimum absolute atomic E-state index is 0.620. The maximum atomic E-state index is 13.4. The average molecular weight is 313 g/mol. The lowest BCUT2D eigenvalue weighted by Crippen LogP contribution is -2.14. The van der Waals surface area contributed by atoms with Gasteiger partial charge in [0.25, 0.3) is 0 Å². The molecule has 0 radical (unpaired) electrons. The third-order valence-electron chi connectivity index (χ3n) is 2.68. The van der Waals surface area contributed by atoms with E-state index in [4.69, 9.17) is 0 Å². The van der Waals surface area contributed by atoms with E-state index in [1.807, 2.05) is 0 Å². The highest BCUT2D eigenvalue weighted by molar-refractivity contribution is 6.02. The third kappa shape index (κ3) is 3.13. The lowest BCUT2D eigenvalue weighted by atomic mass is 10.2. The van der Waals surface area contributed by atoms with Crippen LogP contribution < -0.4 is 5.32 Å². The molecule has 114 valence electrons. The van der Waals surface area contributed by atoms with Gasteiger partial charge < -0.3 is 5.32 Å². The highest BCUT2D eigenvalue weighted by Crippen LogP contribution is 2.27. The van der Waals surface area contributed by atoms with E-state index >= 15 is 0 Å². The molecule has 2 aromatic carbocycles. The predicted molar refractivity (Wildman–Crippen MR) is 70.3 cm³/mol. The summed E-state index contributed by atoms with van der Waals surface area (Å²) in [6.07, 6.45) is 2.23. The Morgan fingerprint density at radius 1 is 0.818 bits per heavy atom. The molecular formula is C15H8F5NO. The highest BCUT2D eigenvalue weighted by atomic mass is 19.2. The number of nitrogens with one attached hydrogen (secondary N) is 1. The summed E-state index contributed by atoms with van der Waals surface area (Å²) < 4.78 is 65.5. The van der Waals surface area contributed by atoms with Crippen molar-refractivity contribution in [1.82, 2.24) is 0 Å². The summed E-state index contributed by atoms with van der Waals surface area (Å²) >= 11 is 0. The first-order valence-corrected chi connectivity index (χ1v) is 5.97. The van der Waals surface area contributed by atoms with Gasteiger partial charge in [-0.3, -0.25) is 4.79 Å². The first-order valence-electron chi connectivity index (χ1n) is 5.97. The second kappa shape index (κ2) is 6.38. The molecule has 0 aliphatic rings. The molecule has 0 bridgehead atoms. The van der Waals surface area contributed by atoms with Crippen LogP contribution in [-0.4, -0.2) is 5.91 Å². The number of amides is 1. The van der Waals surface area contributed by atoms with Crippen LogP contribution in [0.2, 0.25) is 0 Å². The molecule has 0 spiro atoms. The van der Waals surface area contributed by atoms with E-state index in [9.17, 15) is 26.7 Å². The minimum Gasteiger partial charge on any atom is -0.317 e. The summed E-state index contributed by atoms with van der Waals surface area (Å²) in [4.78, 5) is 11.5. The number of halogens is 5. The van der Waals surface area contributed by atoms with E-state index in [0.29, 0.717) is 5.56 Å². The SMILES string of the molecule is O=C(C=Cc1ccccc1)Nc1c(F)c(F)c(F)c(F)c1F. The minimum atomic E-state index is -2.28. The van der Waals surface area contributed by atoms with Gasteiger partial charge in [0.2, 0.25) is 11.7 Å². The van der Waals surface area contributed by atoms with Crippen LogP contribution in [0.4, 0.5) is 27.6 Å². The topological polar surface area (TPSA) is 29.1 Å². The fraction of sp³-hybridized carbons (Fsp3) is 0. The van der Waals surface area contributed by atoms with E-state index in [2.05, 4.69) is 0 Å². The van der Waals surface area contributed by atoms with Gasteiger partial charge in [-0.25, -0.2) is 22.0 Å². The van der Waals surface area contributed by atoms with Gasteiger partial charge in [-0.05, 0) is 11.6 Å². The van der Waals surface area contributed by atoms with Crippen molar-refractivity contribution in [2.75, 3.05) is 5.32 Å². The van der Waals surface area contributed by atoms with Crippen LogP contribution in [0.3, 0.4) is 0 Å². The maximum absolute atomic E-state index is 13.4. The standard InChI is InChI=1S/C15H8F5NO/c16-10-11(17)13(19)15(14(20)12(10)18)21-9(22)7-6-8-4-2-1-3-5-8/h1-7H,(H,21,22). The summed E-state index contributed by atoms with van der Waals surface area (Å²) in [6, 6.07) is 8.44. The van der Waals surface area contributed by atoms with Gasteiger partial charge in [-0.2, -0.15) is 0 Å². The summed E-state index contributed by atoms with van der Waals surface area (Å²) in [7, 11) is 0. The zero-order chi connectivity index (χ0) is 16.3. The molecule has 0 atom stereocenters. The van der Waals surface area contributed by atoms with E-state index in [1.54, 1.807) is 35.6 Å². The predicted octanol–water partition coefficient (Wildman–Crippen LogP) is 4.03. The van der Waals surface area contributed by atoms with Crippen molar-refractivity contribution in [3.8, 4) is 0 Å². The third-order valence-corrected chi connectivity index (χ3v) is 2.68. The molecule has 2 aromatic rings. The normalized spacial score (nSPS) is 11.0. The Morgan fingerprint density at radius 2 is 1.32 bits per heavy atom. The molecule has 0 aliphatic carbocycles. The monoisotopic (exact) mass is 313 g/mol. The van der Waals surface area contributed by atoms with Crippen LogP contribution in [0, 0.1) is 29.1 Å². The first kappa shape index (κ1) is 15.7. The fourth-order valence-corrected chi connectivity index (χ4v) is 1.62. The van der Waals surface area contributed by atoms with Crippen LogP contribution >= 0.6 is 0 Å². The van der Waals surface area contributed by atoms with Crippen LogP contribution in [0.15, 0.2) is 36.4 Å². The molecule has 2 nitrogen and oxygen atoms in total. The van der Waals surface area contributed by atoms with Gasteiger partial charge in [0.05, 0.1) is 0 Å². The second-order valence-electron chi connectivity index (χ2n) is 4.18. The fourth-order valence-electron chi connectivity index (χ4n) is 1.62. The molecule has 7 heteroatoms. The smallest absolute Gasteiger partial charge is 0.248 e. The Labute approximate surface area is 121 Å². The van der Waals surface area contributed by atoms with Crippen molar-refractivity contribution in [2.45, 2.75) is 0 Å². The summed E-state index contributed by atoms with van der Waals surface area (Å²) in [5.74, 6) is -11.8. The van der Waals surface area contributed by atoms with Crippen molar-refractivity contribution < 1.29 is 26.7 Å². The van der Waals surface area contributed by atoms with Gasteiger partial charge in [0.15, 0.2) is 23.3 Å². The van der Waals surface area contributed by atoms with E-state index in [0.717, 1.165) is 6.08 Å². The number of benzene rings is 2. The number of carbonyl (C=O) groups is 1. The number of hydrogen-bond acceptors (Lipinski definition) is 1. The lowest BCUT2D eigenvalue weighted by molar-refractivity contribution is -0.111. The van der Waals surface area contributed by atoms with Crippen LogP contribution in [0.5, 0.6) is 0 Å². The molecule has 22 heavy (non-hydrogen) atoms. The molecule has 0 aliphatic heterocycles. The quantitative estimate of drug-likeness (QED) is 0.394. The van der Waals surface area contributed by atoms with Crippen LogP contribution in [0.1, 0.15) is 5.56 Å². The summed E-state index contributed by atoms with van der Waals surface area (Å²) in [5, 5.41) is 1.64. The number of anilines is 1. The molecule has 0 saturated heterocycles. The summed E-state index contributed by atoms with van der Waals surface area (Å²) in [5.41, 5.74) is -0.769. The van der Waals surface area contributed by atoms with Crippen molar-refractivity contribution >= 4 is 17.7 Å². The van der Waals surface area contributed by atoms with E-state index < -0.39 is 40.7 Å². The molecule has 2 rings (SSSR count). The van der Waals surface area contributed by atoms with Gasteiger partial charge in [-0.15, -0.1) is 0 Å². The van der Waals surface area contributed by atoms with E-state index in [-0.39, 0.29) is 0 Å². The van der Waals surface area contributed by atoms with Gasteiger partial charge in [-0.1, -0.05) is 30.3 Å². The van der Waals surface area contributed by atoms with Crippen molar-refractivity contribution in [3.63, 3.8) is 0 Å². The van der Waals surface area contributed by atoms with Crippen molar-refractivity contribution in [3.05, 3.63) is 71.1 Å². The molecule has 0 saturated carbocycles. The van der Waals surface area contributed by atoms with E-state index in [1.165, 1.54) is 6.08 Å². The zero-order valence-electron chi connectivity index (χ0n) is 10.8. The van der Waals surface area contributed by atoms with Gasteiger partial charge in [0.1, 0.15) is 5.69 Å². The molecule has 0 heterocycles. The Bertz CT molecular complexity index is 714. The molecule has 1 N–H and O–H groups in total. The molecule has 0 fully saturated rings. The van der Waals surface area contributed by atoms with Crippen molar-refractivity contribution in [2.24, 2.45) is 0 Å². The molecule has 1 amide bonds. The molecule has 0 aromatic heterocycles. The molecular weight excluding hydrogens is 305 g/mol. The Balaban J connectivity index is 2.24. The maximum Gasteiger partial charge on any atom is 0.248 e. The van der Waals surface area contributed by atoms with Gasteiger partial charge >= 0.3 is 0 Å². The number of rotatable bonds is 3. The second-order valence-corrected chi connectivity index (χ2v) is 4.18. The van der Waals surface area contributed by atoms with Crippen LogP contribution in [0.25, 0.3) is 6.08 Å². The summed E-state index contributed by atoms with van der Waals surface area (Å²) in [6.45, 7) is 0. The Kier molecular flexibility index (Phi) is 4.55. The largest absolute Gasteiger partial charge is 0.317 e. The van der Waals surface area contributed by atoms with Crippen molar-refractivity contribution in [1.29, 1.82) is 0 Å². The first-order chi connectivity index (χ1) is 10.4. The average Bonchev–Trinajstić information content (AvgIpc) is 2.54. The lowest BCUT2D eigenvalue weighted by Gasteiger charge is -2.08. The Hall–Kier alpha value is -2.70. The zero-order valence-corrected chi connectivity index (χ0v) is 10.8. The van der Waals surface area contributed by atoms with Gasteiger partial charge in [0, 0.05) is 6.08 Å². The number of hydrogen-bond donors (Lipinski definition) is 1. The molecule has 0 unspecified atom stereocenters. The number of carbonyl (C=O) groups excluding carboxylic acids is 1. The van der Waals surface area contributed by atoms with Crippen LogP contribution in [-0.2, 0) is 4.79 Å².